The van der Waals surface area contributed by atoms with E-state index in [2.05, 4.69) is 73.3 Å². The van der Waals surface area contributed by atoms with E-state index in [1.807, 2.05) is 31.6 Å². The number of halogens is 2. The van der Waals surface area contributed by atoms with E-state index in [1.165, 1.54) is 11.1 Å². The molecule has 0 radical (unpaired) electrons. The van der Waals surface area contributed by atoms with Gasteiger partial charge in [-0.3, -0.25) is 14.4 Å². The van der Waals surface area contributed by atoms with Gasteiger partial charge in [0.1, 0.15) is 16.7 Å². The lowest BCUT2D eigenvalue weighted by Gasteiger charge is -2.33. The van der Waals surface area contributed by atoms with E-state index in [-0.39, 0.29) is 48.5 Å². The molecule has 236 valence electrons. The van der Waals surface area contributed by atoms with Crippen molar-refractivity contribution in [1.82, 2.24) is 29.2 Å². The molecule has 0 atom stereocenters. The van der Waals surface area contributed by atoms with Crippen LogP contribution in [0.25, 0.3) is 22.2 Å². The van der Waals surface area contributed by atoms with Crippen molar-refractivity contribution in [3.8, 4) is 11.1 Å². The number of anilines is 2. The van der Waals surface area contributed by atoms with Crippen LogP contribution in [0, 0.1) is 0 Å². The number of aromatic nitrogens is 6. The minimum Gasteiger partial charge on any atom is -1.00 e. The van der Waals surface area contributed by atoms with Gasteiger partial charge in [-0.1, -0.05) is 0 Å². The average molecular weight is 781 g/mol. The lowest BCUT2D eigenvalue weighted by Crippen LogP contribution is -3.00. The van der Waals surface area contributed by atoms with Crippen LogP contribution in [0.15, 0.2) is 41.4 Å². The highest BCUT2D eigenvalue weighted by Crippen LogP contribution is 2.29. The maximum absolute atomic E-state index is 12.5. The fourth-order valence-electron chi connectivity index (χ4n) is 5.67. The van der Waals surface area contributed by atoms with Crippen molar-refractivity contribution in [1.29, 1.82) is 0 Å². The number of aryl methyl sites for hydroxylation is 2. The predicted molar refractivity (Wildman–Crippen MR) is 167 cm³/mol. The third-order valence-corrected chi connectivity index (χ3v) is 8.08. The second kappa shape index (κ2) is 13.8. The SMILES string of the molecule is CCn1c(CN(C=O)c2nc(Br)cnc2N)[n+](CC)c2ccc(-c3cnn(C4CCN(C(=O)OC(C)(C)C)CC4)c3)cc21.[I-]. The summed E-state index contributed by atoms with van der Waals surface area (Å²) in [5.74, 6) is 1.45. The van der Waals surface area contributed by atoms with Crippen molar-refractivity contribution in [2.75, 3.05) is 23.7 Å². The molecule has 0 unspecified atom stereocenters. The van der Waals surface area contributed by atoms with Crippen LogP contribution in [0.3, 0.4) is 0 Å². The van der Waals surface area contributed by atoms with Crippen molar-refractivity contribution in [3.05, 3.63) is 47.2 Å². The number of imidazole rings is 1. The quantitative estimate of drug-likeness (QED) is 0.164. The molecule has 44 heavy (non-hydrogen) atoms. The van der Waals surface area contributed by atoms with Crippen molar-refractivity contribution >= 4 is 51.1 Å². The lowest BCUT2D eigenvalue weighted by molar-refractivity contribution is -0.676. The molecule has 12 nitrogen and oxygen atoms in total. The Bertz CT molecular complexity index is 1640. The molecule has 3 aromatic heterocycles. The van der Waals surface area contributed by atoms with E-state index in [4.69, 9.17) is 15.6 Å². The summed E-state index contributed by atoms with van der Waals surface area (Å²) in [6, 6.07) is 6.63. The van der Waals surface area contributed by atoms with E-state index in [9.17, 15) is 9.59 Å². The fraction of sp³-hybridized carbons (Fsp3) is 0.467. The molecule has 0 aliphatic carbocycles. The zero-order valence-electron chi connectivity index (χ0n) is 25.7. The standard InChI is InChI=1S/C30H39BrN9O3.HI/c1-6-38-23-9-8-20(21-15-34-40(17-21)22-10-12-36(13-11-22)29(42)43-30(3,4)5)14-24(23)39(7-2)26(38)18-37(19-41)28-27(32)33-16-25(31)35-28;/h8-9,14-17,19,22H,6-7,10-13,18H2,1-5H3,(H2,32,33);1H/q+1;/p-1. The second-order valence-electron chi connectivity index (χ2n) is 11.7. The lowest BCUT2D eigenvalue weighted by atomic mass is 10.1. The van der Waals surface area contributed by atoms with Gasteiger partial charge in [0.25, 0.3) is 5.82 Å². The van der Waals surface area contributed by atoms with Crippen LogP contribution in [-0.2, 0) is 29.2 Å². The summed E-state index contributed by atoms with van der Waals surface area (Å²) in [6.45, 7) is 12.8. The normalized spacial score (nSPS) is 14.0. The van der Waals surface area contributed by atoms with Crippen molar-refractivity contribution in [2.45, 2.75) is 78.7 Å². The summed E-state index contributed by atoms with van der Waals surface area (Å²) in [4.78, 5) is 36.5. The molecule has 14 heteroatoms. The Balaban J connectivity index is 0.00000442. The molecule has 2 amide bonds. The molecule has 4 heterocycles. The minimum atomic E-state index is -0.503. The van der Waals surface area contributed by atoms with Crippen LogP contribution < -0.4 is 39.2 Å². The Morgan fingerprint density at radius 1 is 1.20 bits per heavy atom. The number of fused-ring (bicyclic) bond motifs is 1. The molecule has 1 aliphatic rings. The van der Waals surface area contributed by atoms with Gasteiger partial charge in [-0.05, 0) is 87.2 Å². The van der Waals surface area contributed by atoms with Gasteiger partial charge in [0.05, 0.1) is 31.5 Å². The third kappa shape index (κ3) is 7.00. The number of carbonyl (C=O) groups is 2. The summed E-state index contributed by atoms with van der Waals surface area (Å²) in [5.41, 5.74) is 9.79. The highest BCUT2D eigenvalue weighted by atomic mass is 127. The molecule has 1 fully saturated rings. The zero-order chi connectivity index (χ0) is 30.9. The largest absolute Gasteiger partial charge is 1.00 e. The first kappa shape index (κ1) is 33.6. The maximum Gasteiger partial charge on any atom is 0.410 e. The summed E-state index contributed by atoms with van der Waals surface area (Å²) in [7, 11) is 0. The van der Waals surface area contributed by atoms with Gasteiger partial charge in [-0.2, -0.15) is 5.10 Å². The number of ether oxygens (including phenoxy) is 1. The smallest absolute Gasteiger partial charge is 0.410 e. The van der Waals surface area contributed by atoms with Crippen LogP contribution in [0.5, 0.6) is 0 Å². The molecule has 0 bridgehead atoms. The number of carbonyl (C=O) groups excluding carboxylic acids is 2. The molecule has 2 N–H and O–H groups in total. The van der Waals surface area contributed by atoms with Gasteiger partial charge in [-0.15, -0.1) is 0 Å². The zero-order valence-corrected chi connectivity index (χ0v) is 29.4. The summed E-state index contributed by atoms with van der Waals surface area (Å²) in [5, 5.41) is 4.70. The molecule has 1 aromatic carbocycles. The molecule has 1 aliphatic heterocycles. The van der Waals surface area contributed by atoms with Gasteiger partial charge in [0.2, 0.25) is 6.41 Å². The molecule has 1 saturated heterocycles. The third-order valence-electron chi connectivity index (χ3n) is 7.70. The second-order valence-corrected chi connectivity index (χ2v) is 12.5. The van der Waals surface area contributed by atoms with E-state index in [0.717, 1.165) is 53.8 Å². The van der Waals surface area contributed by atoms with Gasteiger partial charge >= 0.3 is 6.09 Å². The minimum absolute atomic E-state index is 0. The Hall–Kier alpha value is -3.27. The number of rotatable bonds is 8. The number of benzene rings is 1. The van der Waals surface area contributed by atoms with Crippen molar-refractivity contribution in [2.24, 2.45) is 0 Å². The van der Waals surface area contributed by atoms with Gasteiger partial charge in [-0.25, -0.2) is 23.9 Å². The van der Waals surface area contributed by atoms with Crippen LogP contribution in [0.1, 0.15) is 59.3 Å². The highest BCUT2D eigenvalue weighted by molar-refractivity contribution is 9.10. The van der Waals surface area contributed by atoms with Gasteiger partial charge in [0, 0.05) is 24.8 Å². The molecule has 0 spiro atoms. The number of piperidine rings is 1. The summed E-state index contributed by atoms with van der Waals surface area (Å²) in [6.07, 6.45) is 7.61. The topological polar surface area (TPSA) is 128 Å². The highest BCUT2D eigenvalue weighted by Gasteiger charge is 2.29. The average Bonchev–Trinajstić information content (AvgIpc) is 3.58. The van der Waals surface area contributed by atoms with Crippen LogP contribution >= 0.6 is 15.9 Å². The van der Waals surface area contributed by atoms with Crippen molar-refractivity contribution < 1.29 is 42.9 Å². The first-order valence-electron chi connectivity index (χ1n) is 14.6. The monoisotopic (exact) mass is 779 g/mol. The number of hydrogen-bond acceptors (Lipinski definition) is 7. The Kier molecular flexibility index (Phi) is 10.5. The molecular weight excluding hydrogens is 741 g/mol. The first-order chi connectivity index (χ1) is 20.5. The molecular formula is C30H39BrIN9O3. The molecule has 5 rings (SSSR count). The maximum atomic E-state index is 12.5. The number of likely N-dealkylation sites (tertiary alicyclic amines) is 1. The number of hydrogen-bond donors (Lipinski definition) is 1. The summed E-state index contributed by atoms with van der Waals surface area (Å²) >= 11 is 3.33. The number of nitrogen functional groups attached to an aromatic ring is 1. The number of amides is 2. The van der Waals surface area contributed by atoms with Crippen LogP contribution in [0.4, 0.5) is 16.4 Å². The van der Waals surface area contributed by atoms with Crippen molar-refractivity contribution in [3.63, 3.8) is 0 Å². The number of nitrogens with two attached hydrogens (primary N) is 1. The van der Waals surface area contributed by atoms with E-state index in [1.54, 1.807) is 4.90 Å². The Morgan fingerprint density at radius 3 is 2.57 bits per heavy atom. The predicted octanol–water partition coefficient (Wildman–Crippen LogP) is 1.71. The Labute approximate surface area is 282 Å². The van der Waals surface area contributed by atoms with E-state index in [0.29, 0.717) is 30.1 Å². The summed E-state index contributed by atoms with van der Waals surface area (Å²) < 4.78 is 12.5. The van der Waals surface area contributed by atoms with Crippen LogP contribution in [0.2, 0.25) is 0 Å². The molecule has 0 saturated carbocycles. The van der Waals surface area contributed by atoms with E-state index < -0.39 is 5.60 Å². The first-order valence-corrected chi connectivity index (χ1v) is 15.4. The fourth-order valence-corrected chi connectivity index (χ4v) is 5.94. The van der Waals surface area contributed by atoms with Gasteiger partial charge < -0.3 is 39.3 Å². The van der Waals surface area contributed by atoms with E-state index >= 15 is 0 Å². The number of nitrogens with zero attached hydrogens (tertiary/aromatic N) is 8. The molecule has 4 aromatic rings. The Morgan fingerprint density at radius 2 is 1.93 bits per heavy atom. The van der Waals surface area contributed by atoms with Crippen LogP contribution in [-0.4, -0.2) is 60.4 Å². The van der Waals surface area contributed by atoms with Gasteiger partial charge in [0.15, 0.2) is 22.7 Å².